The van der Waals surface area contributed by atoms with Gasteiger partial charge in [0.05, 0.1) is 0 Å². The molecular formula is C59H104O6. The molecule has 0 N–H and O–H groups in total. The summed E-state index contributed by atoms with van der Waals surface area (Å²) < 4.78 is 16.8. The maximum Gasteiger partial charge on any atom is 0.306 e. The SMILES string of the molecule is CC/C=C\C/C=C\C/C=C\CCCCCCCCCC(=O)OCC(COC(=O)CCCCCCCCCCCCCCCC)OC(=O)CCCCCCC/C=C\C/C=C\CCCCCC. The van der Waals surface area contributed by atoms with Gasteiger partial charge in [-0.3, -0.25) is 14.4 Å². The summed E-state index contributed by atoms with van der Waals surface area (Å²) in [4.78, 5) is 38.1. The van der Waals surface area contributed by atoms with Gasteiger partial charge in [-0.1, -0.05) is 236 Å². The van der Waals surface area contributed by atoms with Gasteiger partial charge in [0.15, 0.2) is 6.10 Å². The smallest absolute Gasteiger partial charge is 0.306 e. The number of hydrogen-bond acceptors (Lipinski definition) is 6. The molecule has 0 heterocycles. The van der Waals surface area contributed by atoms with Crippen LogP contribution in [0.2, 0.25) is 0 Å². The van der Waals surface area contributed by atoms with Gasteiger partial charge in [-0.05, 0) is 83.5 Å². The summed E-state index contributed by atoms with van der Waals surface area (Å²) >= 11 is 0. The molecule has 0 aromatic heterocycles. The summed E-state index contributed by atoms with van der Waals surface area (Å²) in [5.41, 5.74) is 0. The van der Waals surface area contributed by atoms with Crippen LogP contribution in [0.15, 0.2) is 60.8 Å². The summed E-state index contributed by atoms with van der Waals surface area (Å²) in [6.45, 7) is 6.51. The zero-order chi connectivity index (χ0) is 47.2. The first-order valence-corrected chi connectivity index (χ1v) is 27.8. The summed E-state index contributed by atoms with van der Waals surface area (Å²) in [5, 5.41) is 0. The van der Waals surface area contributed by atoms with Crippen molar-refractivity contribution in [2.45, 2.75) is 284 Å². The fraction of sp³-hybridized carbons (Fsp3) is 0.780. The molecule has 0 aromatic carbocycles. The van der Waals surface area contributed by atoms with Crippen LogP contribution in [0, 0.1) is 0 Å². The van der Waals surface area contributed by atoms with Crippen LogP contribution in [0.4, 0.5) is 0 Å². The van der Waals surface area contributed by atoms with Crippen molar-refractivity contribution in [1.29, 1.82) is 0 Å². The molecule has 0 aromatic rings. The number of hydrogen-bond donors (Lipinski definition) is 0. The van der Waals surface area contributed by atoms with E-state index in [1.165, 1.54) is 128 Å². The van der Waals surface area contributed by atoms with Crippen molar-refractivity contribution < 1.29 is 28.6 Å². The molecule has 0 aliphatic rings. The van der Waals surface area contributed by atoms with E-state index >= 15 is 0 Å². The van der Waals surface area contributed by atoms with E-state index in [0.29, 0.717) is 19.3 Å². The standard InChI is InChI=1S/C59H104O6/c1-4-7-10-13-16-19-22-25-28-30-32-34-37-40-43-46-49-52-58(61)64-55-56(54-63-57(60)51-48-45-42-39-36-33-27-24-21-18-15-12-9-6-3)65-59(62)53-50-47-44-41-38-35-31-29-26-23-20-17-14-11-8-5-2/h7,10,16,19-20,23,25,28-29,31,56H,4-6,8-9,11-15,17-18,21-22,24,26-27,30,32-55H2,1-3H3/b10-7-,19-16-,23-20-,28-25-,31-29-. The Hall–Kier alpha value is -2.89. The lowest BCUT2D eigenvalue weighted by Crippen LogP contribution is -2.30. The van der Waals surface area contributed by atoms with Crippen LogP contribution in [0.25, 0.3) is 0 Å². The molecule has 0 saturated carbocycles. The molecule has 65 heavy (non-hydrogen) atoms. The zero-order valence-corrected chi connectivity index (χ0v) is 43.0. The van der Waals surface area contributed by atoms with Gasteiger partial charge in [-0.25, -0.2) is 0 Å². The monoisotopic (exact) mass is 909 g/mol. The minimum absolute atomic E-state index is 0.0808. The van der Waals surface area contributed by atoms with Crippen LogP contribution in [0.1, 0.15) is 278 Å². The second-order valence-electron chi connectivity index (χ2n) is 18.5. The van der Waals surface area contributed by atoms with Gasteiger partial charge in [0, 0.05) is 19.3 Å². The van der Waals surface area contributed by atoms with Gasteiger partial charge in [0.1, 0.15) is 13.2 Å². The Kier molecular flexibility index (Phi) is 51.3. The van der Waals surface area contributed by atoms with Crippen molar-refractivity contribution >= 4 is 17.9 Å². The second kappa shape index (κ2) is 53.7. The number of allylic oxidation sites excluding steroid dienone is 10. The van der Waals surface area contributed by atoms with E-state index in [0.717, 1.165) is 109 Å². The minimum atomic E-state index is -0.784. The van der Waals surface area contributed by atoms with E-state index in [2.05, 4.69) is 81.5 Å². The molecule has 0 aliphatic carbocycles. The van der Waals surface area contributed by atoms with Crippen LogP contribution in [0.3, 0.4) is 0 Å². The van der Waals surface area contributed by atoms with E-state index in [4.69, 9.17) is 14.2 Å². The quantitative estimate of drug-likeness (QED) is 0.0262. The highest BCUT2D eigenvalue weighted by atomic mass is 16.6. The summed E-state index contributed by atoms with van der Waals surface area (Å²) in [5.74, 6) is -0.895. The zero-order valence-electron chi connectivity index (χ0n) is 43.0. The maximum atomic E-state index is 12.8. The Labute approximate surface area is 402 Å². The predicted octanol–water partition coefficient (Wildman–Crippen LogP) is 18.4. The van der Waals surface area contributed by atoms with E-state index < -0.39 is 6.10 Å². The van der Waals surface area contributed by atoms with Crippen LogP contribution in [0.5, 0.6) is 0 Å². The van der Waals surface area contributed by atoms with Gasteiger partial charge in [-0.2, -0.15) is 0 Å². The molecule has 0 saturated heterocycles. The Balaban J connectivity index is 4.40. The normalized spacial score (nSPS) is 12.5. The number of carbonyl (C=O) groups is 3. The third kappa shape index (κ3) is 51.9. The number of esters is 3. The first-order valence-electron chi connectivity index (χ1n) is 27.8. The molecule has 0 fully saturated rings. The van der Waals surface area contributed by atoms with Crippen LogP contribution in [-0.2, 0) is 28.6 Å². The second-order valence-corrected chi connectivity index (χ2v) is 18.5. The van der Waals surface area contributed by atoms with Crippen molar-refractivity contribution in [3.63, 3.8) is 0 Å². The molecule has 1 unspecified atom stereocenters. The van der Waals surface area contributed by atoms with E-state index in [9.17, 15) is 14.4 Å². The maximum absolute atomic E-state index is 12.8. The number of carbonyl (C=O) groups excluding carboxylic acids is 3. The van der Waals surface area contributed by atoms with Crippen LogP contribution >= 0.6 is 0 Å². The Morgan fingerprint density at radius 1 is 0.323 bits per heavy atom. The summed E-state index contributed by atoms with van der Waals surface area (Å²) in [6, 6.07) is 0. The number of unbranched alkanes of at least 4 members (excludes halogenated alkanes) is 29. The average Bonchev–Trinajstić information content (AvgIpc) is 3.30. The molecule has 0 spiro atoms. The first kappa shape index (κ1) is 62.1. The molecule has 0 radical (unpaired) electrons. The average molecular weight is 909 g/mol. The van der Waals surface area contributed by atoms with Crippen LogP contribution in [-0.4, -0.2) is 37.2 Å². The van der Waals surface area contributed by atoms with Crippen molar-refractivity contribution in [3.05, 3.63) is 60.8 Å². The fourth-order valence-corrected chi connectivity index (χ4v) is 7.84. The van der Waals surface area contributed by atoms with Crippen LogP contribution < -0.4 is 0 Å². The highest BCUT2D eigenvalue weighted by molar-refractivity contribution is 5.71. The van der Waals surface area contributed by atoms with E-state index in [1.807, 2.05) is 0 Å². The minimum Gasteiger partial charge on any atom is -0.462 e. The van der Waals surface area contributed by atoms with Gasteiger partial charge >= 0.3 is 17.9 Å². The molecule has 1 atom stereocenters. The highest BCUT2D eigenvalue weighted by Gasteiger charge is 2.19. The van der Waals surface area contributed by atoms with E-state index in [-0.39, 0.29) is 31.1 Å². The highest BCUT2D eigenvalue weighted by Crippen LogP contribution is 2.15. The van der Waals surface area contributed by atoms with E-state index in [1.54, 1.807) is 0 Å². The fourth-order valence-electron chi connectivity index (χ4n) is 7.84. The molecule has 0 bridgehead atoms. The lowest BCUT2D eigenvalue weighted by atomic mass is 10.0. The molecule has 376 valence electrons. The third-order valence-corrected chi connectivity index (χ3v) is 12.0. The summed E-state index contributed by atoms with van der Waals surface area (Å²) in [7, 11) is 0. The number of rotatable bonds is 50. The Bertz CT molecular complexity index is 1180. The Morgan fingerprint density at radius 2 is 0.600 bits per heavy atom. The molecule has 6 heteroatoms. The first-order chi connectivity index (χ1) is 32.0. The van der Waals surface area contributed by atoms with Gasteiger partial charge in [-0.15, -0.1) is 0 Å². The third-order valence-electron chi connectivity index (χ3n) is 12.0. The van der Waals surface area contributed by atoms with Crippen molar-refractivity contribution in [3.8, 4) is 0 Å². The van der Waals surface area contributed by atoms with Gasteiger partial charge in [0.25, 0.3) is 0 Å². The molecule has 0 rings (SSSR count). The predicted molar refractivity (Wildman–Crippen MR) is 279 cm³/mol. The topological polar surface area (TPSA) is 78.9 Å². The largest absolute Gasteiger partial charge is 0.462 e. The van der Waals surface area contributed by atoms with Crippen molar-refractivity contribution in [1.82, 2.24) is 0 Å². The Morgan fingerprint density at radius 3 is 0.954 bits per heavy atom. The lowest BCUT2D eigenvalue weighted by Gasteiger charge is -2.18. The molecular weight excluding hydrogens is 805 g/mol. The van der Waals surface area contributed by atoms with Gasteiger partial charge < -0.3 is 14.2 Å². The summed E-state index contributed by atoms with van der Waals surface area (Å²) in [6.07, 6.45) is 66.3. The van der Waals surface area contributed by atoms with Crippen molar-refractivity contribution in [2.75, 3.05) is 13.2 Å². The van der Waals surface area contributed by atoms with Gasteiger partial charge in [0.2, 0.25) is 0 Å². The lowest BCUT2D eigenvalue weighted by molar-refractivity contribution is -0.167. The molecule has 0 amide bonds. The molecule has 6 nitrogen and oxygen atoms in total. The van der Waals surface area contributed by atoms with Crippen molar-refractivity contribution in [2.24, 2.45) is 0 Å². The molecule has 0 aliphatic heterocycles. The number of ether oxygens (including phenoxy) is 3.